The molecule has 0 aliphatic rings. The highest BCUT2D eigenvalue weighted by Crippen LogP contribution is 2.15. The number of nitrogens with one attached hydrogen (secondary N) is 1. The van der Waals surface area contributed by atoms with Gasteiger partial charge in [-0.2, -0.15) is 0 Å². The van der Waals surface area contributed by atoms with Crippen LogP contribution in [0.1, 0.15) is 55.9 Å². The molecule has 0 saturated heterocycles. The molecule has 4 nitrogen and oxygen atoms in total. The molecule has 0 aromatic heterocycles. The first-order valence-electron chi connectivity index (χ1n) is 10.5. The van der Waals surface area contributed by atoms with Crippen LogP contribution in [0.4, 0.5) is 0 Å². The first kappa shape index (κ1) is 22.7. The fourth-order valence-corrected chi connectivity index (χ4v) is 3.20. The minimum Gasteiger partial charge on any atom is -0.352 e. The lowest BCUT2D eigenvalue weighted by Gasteiger charge is -2.30. The summed E-state index contributed by atoms with van der Waals surface area (Å²) in [5.41, 5.74) is 4.52. The highest BCUT2D eigenvalue weighted by atomic mass is 16.2. The normalized spacial score (nSPS) is 12.9. The fraction of sp³-hybridized carbons (Fsp3) is 0.440. The van der Waals surface area contributed by atoms with Crippen molar-refractivity contribution in [1.82, 2.24) is 10.2 Å². The quantitative estimate of drug-likeness (QED) is 0.677. The van der Waals surface area contributed by atoms with Gasteiger partial charge < -0.3 is 10.2 Å². The number of hydrogen-bond donors (Lipinski definition) is 1. The number of aryl methyl sites for hydroxylation is 3. The summed E-state index contributed by atoms with van der Waals surface area (Å²) in [5, 5.41) is 3.01. The van der Waals surface area contributed by atoms with Gasteiger partial charge in [-0.15, -0.1) is 0 Å². The summed E-state index contributed by atoms with van der Waals surface area (Å²) in [6.07, 6.45) is 1.91. The molecular weight excluding hydrogens is 360 g/mol. The zero-order chi connectivity index (χ0) is 21.4. The zero-order valence-corrected chi connectivity index (χ0v) is 18.4. The maximum Gasteiger partial charge on any atom is 0.242 e. The largest absolute Gasteiger partial charge is 0.352 e. The molecule has 0 radical (unpaired) electrons. The summed E-state index contributed by atoms with van der Waals surface area (Å²) in [5.74, 6) is -0.102. The SMILES string of the molecule is CC[C@@H](C)NC(=O)[C@@H](C)N(Cc1cccc(C)c1)C(=O)CCc1ccc(C)cc1. The third-order valence-corrected chi connectivity index (χ3v) is 5.35. The second kappa shape index (κ2) is 10.8. The second-order valence-corrected chi connectivity index (χ2v) is 7.99. The van der Waals surface area contributed by atoms with Crippen molar-refractivity contribution in [2.45, 2.75) is 72.5 Å². The molecule has 0 unspecified atom stereocenters. The molecule has 0 fully saturated rings. The van der Waals surface area contributed by atoms with Gasteiger partial charge in [0.15, 0.2) is 0 Å². The molecule has 2 aromatic carbocycles. The van der Waals surface area contributed by atoms with E-state index >= 15 is 0 Å². The Labute approximate surface area is 175 Å². The van der Waals surface area contributed by atoms with Crippen LogP contribution in [0, 0.1) is 13.8 Å². The maximum atomic E-state index is 13.1. The molecule has 2 rings (SSSR count). The van der Waals surface area contributed by atoms with Crippen LogP contribution in [0.5, 0.6) is 0 Å². The zero-order valence-electron chi connectivity index (χ0n) is 18.4. The second-order valence-electron chi connectivity index (χ2n) is 7.99. The average molecular weight is 395 g/mol. The third kappa shape index (κ3) is 7.04. The summed E-state index contributed by atoms with van der Waals surface area (Å²) in [6.45, 7) is 10.4. The van der Waals surface area contributed by atoms with Crippen molar-refractivity contribution in [2.24, 2.45) is 0 Å². The lowest BCUT2D eigenvalue weighted by molar-refractivity contribution is -0.140. The molecule has 2 atom stereocenters. The summed E-state index contributed by atoms with van der Waals surface area (Å²) in [6, 6.07) is 15.9. The van der Waals surface area contributed by atoms with E-state index in [0.29, 0.717) is 19.4 Å². The van der Waals surface area contributed by atoms with Crippen molar-refractivity contribution in [3.63, 3.8) is 0 Å². The van der Waals surface area contributed by atoms with Crippen LogP contribution >= 0.6 is 0 Å². The van der Waals surface area contributed by atoms with Crippen molar-refractivity contribution in [2.75, 3.05) is 0 Å². The highest BCUT2D eigenvalue weighted by Gasteiger charge is 2.26. The van der Waals surface area contributed by atoms with Crippen molar-refractivity contribution >= 4 is 11.8 Å². The number of benzene rings is 2. The van der Waals surface area contributed by atoms with Crippen LogP contribution in [0.15, 0.2) is 48.5 Å². The standard InChI is InChI=1S/C25H34N2O2/c1-6-20(4)26-25(29)21(5)27(17-23-9-7-8-19(3)16-23)24(28)15-14-22-12-10-18(2)11-13-22/h7-13,16,20-21H,6,14-15,17H2,1-5H3,(H,26,29)/t20-,21-/m1/s1. The van der Waals surface area contributed by atoms with Gasteiger partial charge in [-0.05, 0) is 51.7 Å². The van der Waals surface area contributed by atoms with E-state index in [1.165, 1.54) is 5.56 Å². The van der Waals surface area contributed by atoms with Crippen LogP contribution < -0.4 is 5.32 Å². The monoisotopic (exact) mass is 394 g/mol. The van der Waals surface area contributed by atoms with Crippen LogP contribution in [-0.4, -0.2) is 28.8 Å². The average Bonchev–Trinajstić information content (AvgIpc) is 2.70. The molecule has 0 bridgehead atoms. The molecule has 2 amide bonds. The van der Waals surface area contributed by atoms with Gasteiger partial charge in [0.2, 0.25) is 11.8 Å². The molecule has 29 heavy (non-hydrogen) atoms. The lowest BCUT2D eigenvalue weighted by Crippen LogP contribution is -2.49. The molecule has 0 spiro atoms. The maximum absolute atomic E-state index is 13.1. The van der Waals surface area contributed by atoms with Gasteiger partial charge in [0.1, 0.15) is 6.04 Å². The van der Waals surface area contributed by atoms with E-state index in [1.54, 1.807) is 4.90 Å². The first-order valence-corrected chi connectivity index (χ1v) is 10.5. The van der Waals surface area contributed by atoms with Gasteiger partial charge in [-0.3, -0.25) is 9.59 Å². The van der Waals surface area contributed by atoms with Crippen molar-refractivity contribution in [1.29, 1.82) is 0 Å². The Morgan fingerprint density at radius 3 is 2.28 bits per heavy atom. The van der Waals surface area contributed by atoms with Gasteiger partial charge in [0.05, 0.1) is 0 Å². The molecule has 2 aromatic rings. The first-order chi connectivity index (χ1) is 13.8. The molecular formula is C25H34N2O2. The molecule has 0 saturated carbocycles. The van der Waals surface area contributed by atoms with E-state index in [2.05, 4.69) is 42.6 Å². The number of amides is 2. The Kier molecular flexibility index (Phi) is 8.44. The van der Waals surface area contributed by atoms with Crippen LogP contribution in [-0.2, 0) is 22.6 Å². The third-order valence-electron chi connectivity index (χ3n) is 5.35. The molecule has 1 N–H and O–H groups in total. The van der Waals surface area contributed by atoms with E-state index < -0.39 is 6.04 Å². The smallest absolute Gasteiger partial charge is 0.242 e. The van der Waals surface area contributed by atoms with Gasteiger partial charge in [-0.1, -0.05) is 66.6 Å². The number of rotatable bonds is 9. The minimum absolute atomic E-state index is 0.00103. The van der Waals surface area contributed by atoms with Gasteiger partial charge in [0, 0.05) is 19.0 Å². The predicted molar refractivity (Wildman–Crippen MR) is 119 cm³/mol. The highest BCUT2D eigenvalue weighted by molar-refractivity contribution is 5.87. The number of carbonyl (C=O) groups excluding carboxylic acids is 2. The van der Waals surface area contributed by atoms with Crippen LogP contribution in [0.25, 0.3) is 0 Å². The summed E-state index contributed by atoms with van der Waals surface area (Å²) in [4.78, 5) is 27.6. The Hall–Kier alpha value is -2.62. The van der Waals surface area contributed by atoms with E-state index in [9.17, 15) is 9.59 Å². The summed E-state index contributed by atoms with van der Waals surface area (Å²) >= 11 is 0. The summed E-state index contributed by atoms with van der Waals surface area (Å²) in [7, 11) is 0. The molecule has 4 heteroatoms. The molecule has 0 aliphatic heterocycles. The van der Waals surface area contributed by atoms with E-state index in [-0.39, 0.29) is 17.9 Å². The summed E-state index contributed by atoms with van der Waals surface area (Å²) < 4.78 is 0. The minimum atomic E-state index is -0.518. The predicted octanol–water partition coefficient (Wildman–Crippen LogP) is 4.57. The molecule has 156 valence electrons. The van der Waals surface area contributed by atoms with Crippen molar-refractivity contribution in [3.8, 4) is 0 Å². The molecule has 0 heterocycles. The van der Waals surface area contributed by atoms with Crippen molar-refractivity contribution < 1.29 is 9.59 Å². The lowest BCUT2D eigenvalue weighted by atomic mass is 10.1. The van der Waals surface area contributed by atoms with E-state index in [4.69, 9.17) is 0 Å². The Morgan fingerprint density at radius 2 is 1.66 bits per heavy atom. The number of hydrogen-bond acceptors (Lipinski definition) is 2. The van der Waals surface area contributed by atoms with Crippen molar-refractivity contribution in [3.05, 3.63) is 70.8 Å². The van der Waals surface area contributed by atoms with Crippen LogP contribution in [0.3, 0.4) is 0 Å². The van der Waals surface area contributed by atoms with Gasteiger partial charge in [0.25, 0.3) is 0 Å². The van der Waals surface area contributed by atoms with E-state index in [0.717, 1.165) is 23.1 Å². The van der Waals surface area contributed by atoms with Gasteiger partial charge >= 0.3 is 0 Å². The van der Waals surface area contributed by atoms with E-state index in [1.807, 2.05) is 45.9 Å². The fourth-order valence-electron chi connectivity index (χ4n) is 3.20. The topological polar surface area (TPSA) is 49.4 Å². The van der Waals surface area contributed by atoms with Gasteiger partial charge in [-0.25, -0.2) is 0 Å². The molecule has 0 aliphatic carbocycles. The van der Waals surface area contributed by atoms with Crippen LogP contribution in [0.2, 0.25) is 0 Å². The number of carbonyl (C=O) groups is 2. The Balaban J connectivity index is 2.14. The Bertz CT molecular complexity index is 814. The Morgan fingerprint density at radius 1 is 0.966 bits per heavy atom. The number of nitrogens with zero attached hydrogens (tertiary/aromatic N) is 1.